The molecular formula is C14H13ClN4O3. The minimum Gasteiger partial charge on any atom is -0.468 e. The third-order valence-electron chi connectivity index (χ3n) is 3.23. The van der Waals surface area contributed by atoms with E-state index in [1.807, 2.05) is 11.0 Å². The fourth-order valence-corrected chi connectivity index (χ4v) is 2.34. The van der Waals surface area contributed by atoms with E-state index in [0.29, 0.717) is 18.2 Å². The number of nitro groups is 1. The van der Waals surface area contributed by atoms with Gasteiger partial charge >= 0.3 is 5.84 Å². The summed E-state index contributed by atoms with van der Waals surface area (Å²) in [6, 6.07) is 10.6. The molecule has 1 aliphatic heterocycles. The van der Waals surface area contributed by atoms with Gasteiger partial charge in [-0.2, -0.15) is 5.01 Å². The number of nitrogens with zero attached hydrogens (tertiary/aromatic N) is 4. The lowest BCUT2D eigenvalue weighted by Crippen LogP contribution is -2.45. The van der Waals surface area contributed by atoms with Crippen molar-refractivity contribution in [3.05, 3.63) is 63.6 Å². The first-order valence-electron chi connectivity index (χ1n) is 6.61. The molecule has 2 heterocycles. The van der Waals surface area contributed by atoms with E-state index in [0.717, 1.165) is 11.4 Å². The number of furan rings is 1. The predicted molar refractivity (Wildman–Crippen MR) is 82.3 cm³/mol. The quantitative estimate of drug-likeness (QED) is 0.642. The minimum absolute atomic E-state index is 0.104. The highest BCUT2D eigenvalue weighted by Crippen LogP contribution is 2.21. The summed E-state index contributed by atoms with van der Waals surface area (Å²) >= 11 is 5.87. The number of rotatable bonds is 3. The van der Waals surface area contributed by atoms with Crippen LogP contribution in [0, 0.1) is 10.1 Å². The summed E-state index contributed by atoms with van der Waals surface area (Å²) in [7, 11) is 0. The molecule has 3 rings (SSSR count). The van der Waals surface area contributed by atoms with E-state index in [-0.39, 0.29) is 12.4 Å². The number of benzene rings is 1. The summed E-state index contributed by atoms with van der Waals surface area (Å²) in [6.45, 7) is 1.07. The Kier molecular flexibility index (Phi) is 4.08. The van der Waals surface area contributed by atoms with Crippen LogP contribution in [-0.2, 0) is 6.54 Å². The molecule has 0 fully saturated rings. The number of halogens is 1. The molecule has 0 amide bonds. The second-order valence-corrected chi connectivity index (χ2v) is 5.29. The molecule has 0 atom stereocenters. The number of amidine groups is 1. The molecule has 0 bridgehead atoms. The van der Waals surface area contributed by atoms with E-state index in [9.17, 15) is 10.1 Å². The van der Waals surface area contributed by atoms with Crippen LogP contribution in [0.2, 0.25) is 5.02 Å². The zero-order valence-electron chi connectivity index (χ0n) is 11.6. The second kappa shape index (κ2) is 6.17. The van der Waals surface area contributed by atoms with E-state index in [1.54, 1.807) is 41.6 Å². The van der Waals surface area contributed by atoms with Crippen molar-refractivity contribution in [3.63, 3.8) is 0 Å². The van der Waals surface area contributed by atoms with Crippen molar-refractivity contribution < 1.29 is 9.34 Å². The summed E-state index contributed by atoms with van der Waals surface area (Å²) < 4.78 is 5.30. The lowest BCUT2D eigenvalue weighted by Gasteiger charge is -2.27. The van der Waals surface area contributed by atoms with Crippen LogP contribution in [0.1, 0.15) is 5.76 Å². The van der Waals surface area contributed by atoms with Crippen molar-refractivity contribution in [3.8, 4) is 0 Å². The molecule has 7 nitrogen and oxygen atoms in total. The highest BCUT2D eigenvalue weighted by molar-refractivity contribution is 6.30. The van der Waals surface area contributed by atoms with Gasteiger partial charge in [0.05, 0.1) is 23.6 Å². The van der Waals surface area contributed by atoms with Crippen molar-refractivity contribution >= 4 is 23.1 Å². The van der Waals surface area contributed by atoms with Gasteiger partial charge < -0.3 is 14.5 Å². The van der Waals surface area contributed by atoms with Crippen LogP contribution in [0.4, 0.5) is 5.69 Å². The standard InChI is InChI=1S/C14H13ClN4O3/c15-11-3-5-12(6-4-11)18-10-17(8-13-2-1-7-22-13)9-14(16-18)19(20)21/h1-7H,8-10H2. The molecule has 1 aromatic carbocycles. The molecule has 1 aliphatic rings. The zero-order valence-corrected chi connectivity index (χ0v) is 12.3. The molecule has 8 heteroatoms. The van der Waals surface area contributed by atoms with E-state index in [4.69, 9.17) is 16.0 Å². The molecule has 0 aliphatic carbocycles. The molecule has 0 radical (unpaired) electrons. The maximum Gasteiger partial charge on any atom is 0.378 e. The Balaban J connectivity index is 1.83. The van der Waals surface area contributed by atoms with Crippen LogP contribution < -0.4 is 5.01 Å². The first kappa shape index (κ1) is 14.6. The van der Waals surface area contributed by atoms with Crippen molar-refractivity contribution in [2.45, 2.75) is 6.54 Å². The minimum atomic E-state index is -0.461. The lowest BCUT2D eigenvalue weighted by atomic mass is 10.3. The highest BCUT2D eigenvalue weighted by Gasteiger charge is 2.30. The van der Waals surface area contributed by atoms with Gasteiger partial charge in [0.25, 0.3) is 0 Å². The first-order valence-corrected chi connectivity index (χ1v) is 6.99. The highest BCUT2D eigenvalue weighted by atomic mass is 35.5. The van der Waals surface area contributed by atoms with Crippen LogP contribution in [0.5, 0.6) is 0 Å². The molecular weight excluding hydrogens is 308 g/mol. The Morgan fingerprint density at radius 1 is 1.32 bits per heavy atom. The Morgan fingerprint density at radius 2 is 2.09 bits per heavy atom. The Hall–Kier alpha value is -2.38. The van der Waals surface area contributed by atoms with Gasteiger partial charge in [-0.15, -0.1) is 0 Å². The third-order valence-corrected chi connectivity index (χ3v) is 3.48. The van der Waals surface area contributed by atoms with E-state index >= 15 is 0 Å². The summed E-state index contributed by atoms with van der Waals surface area (Å²) in [5.41, 5.74) is 0.743. The first-order chi connectivity index (χ1) is 10.6. The molecule has 0 spiro atoms. The molecule has 0 saturated carbocycles. The maximum atomic E-state index is 11.1. The molecule has 0 N–H and O–H groups in total. The smallest absolute Gasteiger partial charge is 0.378 e. The number of hydrogen-bond acceptors (Lipinski definition) is 6. The fraction of sp³-hybridized carbons (Fsp3) is 0.214. The van der Waals surface area contributed by atoms with Crippen LogP contribution in [0.3, 0.4) is 0 Å². The van der Waals surface area contributed by atoms with E-state index in [1.165, 1.54) is 0 Å². The van der Waals surface area contributed by atoms with Crippen LogP contribution in [0.15, 0.2) is 52.2 Å². The van der Waals surface area contributed by atoms with Crippen LogP contribution in [-0.4, -0.2) is 28.9 Å². The largest absolute Gasteiger partial charge is 0.468 e. The Bertz CT molecular complexity index is 685. The van der Waals surface area contributed by atoms with E-state index in [2.05, 4.69) is 5.10 Å². The lowest BCUT2D eigenvalue weighted by molar-refractivity contribution is -0.354. The van der Waals surface area contributed by atoms with Gasteiger partial charge in [-0.05, 0) is 41.3 Å². The van der Waals surface area contributed by atoms with Crippen LogP contribution >= 0.6 is 11.6 Å². The molecule has 22 heavy (non-hydrogen) atoms. The monoisotopic (exact) mass is 320 g/mol. The van der Waals surface area contributed by atoms with Gasteiger partial charge in [0.1, 0.15) is 19.0 Å². The molecule has 2 aromatic rings. The summed E-state index contributed by atoms with van der Waals surface area (Å²) in [4.78, 5) is 12.5. The van der Waals surface area contributed by atoms with Gasteiger partial charge in [0.2, 0.25) is 0 Å². The molecule has 114 valence electrons. The van der Waals surface area contributed by atoms with Gasteiger partial charge in [0.15, 0.2) is 0 Å². The van der Waals surface area contributed by atoms with Crippen molar-refractivity contribution in [1.82, 2.24) is 4.90 Å². The number of hydrazone groups is 1. The van der Waals surface area contributed by atoms with Gasteiger partial charge in [-0.3, -0.25) is 4.90 Å². The van der Waals surface area contributed by atoms with Gasteiger partial charge in [0, 0.05) is 5.02 Å². The normalized spacial score (nSPS) is 15.7. The van der Waals surface area contributed by atoms with E-state index < -0.39 is 4.92 Å². The van der Waals surface area contributed by atoms with Crippen molar-refractivity contribution in [1.29, 1.82) is 0 Å². The fourth-order valence-electron chi connectivity index (χ4n) is 2.22. The van der Waals surface area contributed by atoms with Crippen LogP contribution in [0.25, 0.3) is 0 Å². The third kappa shape index (κ3) is 3.26. The Morgan fingerprint density at radius 3 is 2.73 bits per heavy atom. The zero-order chi connectivity index (χ0) is 15.5. The SMILES string of the molecule is O=[N+]([O-])C1=NN(c2ccc(Cl)cc2)CN(Cc2ccco2)C1. The number of hydrogen-bond donors (Lipinski definition) is 0. The van der Waals surface area contributed by atoms with Gasteiger partial charge in [-0.25, -0.2) is 0 Å². The summed E-state index contributed by atoms with van der Waals surface area (Å²) in [6.07, 6.45) is 1.58. The van der Waals surface area contributed by atoms with Crippen molar-refractivity contribution in [2.24, 2.45) is 5.10 Å². The average Bonchev–Trinajstić information content (AvgIpc) is 3.00. The summed E-state index contributed by atoms with van der Waals surface area (Å²) in [5, 5.41) is 17.4. The Labute approximate surface area is 131 Å². The van der Waals surface area contributed by atoms with Crippen molar-refractivity contribution in [2.75, 3.05) is 18.2 Å². The molecule has 0 saturated heterocycles. The average molecular weight is 321 g/mol. The maximum absolute atomic E-state index is 11.1. The molecule has 0 unspecified atom stereocenters. The predicted octanol–water partition coefficient (Wildman–Crippen LogP) is 2.80. The molecule has 1 aromatic heterocycles. The summed E-state index contributed by atoms with van der Waals surface area (Å²) in [5.74, 6) is 0.647. The topological polar surface area (TPSA) is 75.1 Å². The van der Waals surface area contributed by atoms with Gasteiger partial charge in [-0.1, -0.05) is 11.6 Å². The number of anilines is 1. The second-order valence-electron chi connectivity index (χ2n) is 4.86.